The highest BCUT2D eigenvalue weighted by atomic mass is 35.5. The van der Waals surface area contributed by atoms with E-state index in [4.69, 9.17) is 11.6 Å². The molecular weight excluding hydrogens is 238 g/mol. The average Bonchev–Trinajstić information content (AvgIpc) is 2.26. The number of hydrogen-bond acceptors (Lipinski definition) is 2. The maximum atomic E-state index is 11.3. The maximum Gasteiger partial charge on any atom is 0.321 e. The molecule has 2 rings (SSSR count). The number of nitrogens with zero attached hydrogens (tertiary/aromatic N) is 1. The molecule has 1 N–H and O–H groups in total. The second kappa shape index (κ2) is 4.67. The number of carboxylic acid groups (broad SMARTS) is 1. The molecule has 0 spiro atoms. The van der Waals surface area contributed by atoms with Gasteiger partial charge in [-0.15, -0.1) is 0 Å². The Morgan fingerprint density at radius 3 is 2.76 bits per heavy atom. The number of carbonyl (C=O) groups is 1. The minimum Gasteiger partial charge on any atom is -0.480 e. The van der Waals surface area contributed by atoms with Gasteiger partial charge in [-0.1, -0.05) is 17.7 Å². The Hall–Kier alpha value is -1.06. The van der Waals surface area contributed by atoms with Crippen molar-refractivity contribution in [2.45, 2.75) is 38.9 Å². The minimum absolute atomic E-state index is 0.211. The van der Waals surface area contributed by atoms with Crippen molar-refractivity contribution >= 4 is 17.6 Å². The summed E-state index contributed by atoms with van der Waals surface area (Å²) in [6, 6.07) is 5.48. The summed E-state index contributed by atoms with van der Waals surface area (Å²) >= 11 is 5.97. The molecular formula is C13H16ClNO2. The molecule has 0 saturated heterocycles. The first-order chi connectivity index (χ1) is 7.99. The zero-order valence-electron chi connectivity index (χ0n) is 9.98. The molecule has 0 radical (unpaired) electrons. The van der Waals surface area contributed by atoms with E-state index in [1.54, 1.807) is 0 Å². The highest BCUT2D eigenvalue weighted by Gasteiger charge is 2.32. The topological polar surface area (TPSA) is 40.5 Å². The first-order valence-electron chi connectivity index (χ1n) is 5.75. The summed E-state index contributed by atoms with van der Waals surface area (Å²) in [5, 5.41) is 9.98. The summed E-state index contributed by atoms with van der Waals surface area (Å²) in [6.07, 6.45) is 0.556. The largest absolute Gasteiger partial charge is 0.480 e. The molecule has 0 aromatic heterocycles. The minimum atomic E-state index is -0.751. The molecule has 4 heteroatoms. The normalized spacial score (nSPS) is 20.4. The van der Waals surface area contributed by atoms with E-state index >= 15 is 0 Å². The van der Waals surface area contributed by atoms with Crippen LogP contribution in [-0.4, -0.2) is 28.1 Å². The summed E-state index contributed by atoms with van der Waals surface area (Å²) in [6.45, 7) is 4.70. The molecule has 17 heavy (non-hydrogen) atoms. The molecule has 92 valence electrons. The number of carboxylic acids is 1. The van der Waals surface area contributed by atoms with Crippen molar-refractivity contribution in [2.24, 2.45) is 0 Å². The molecule has 0 unspecified atom stereocenters. The average molecular weight is 254 g/mol. The zero-order chi connectivity index (χ0) is 12.6. The lowest BCUT2D eigenvalue weighted by Crippen LogP contribution is -2.48. The predicted molar refractivity (Wildman–Crippen MR) is 67.3 cm³/mol. The van der Waals surface area contributed by atoms with Crippen LogP contribution in [0.5, 0.6) is 0 Å². The molecule has 3 nitrogen and oxygen atoms in total. The van der Waals surface area contributed by atoms with Crippen molar-refractivity contribution < 1.29 is 9.90 Å². The van der Waals surface area contributed by atoms with Crippen molar-refractivity contribution in [3.05, 3.63) is 34.3 Å². The summed E-state index contributed by atoms with van der Waals surface area (Å²) in [7, 11) is 0. The van der Waals surface area contributed by atoms with Crippen LogP contribution in [0.15, 0.2) is 18.2 Å². The van der Waals surface area contributed by atoms with Crippen LogP contribution in [0.3, 0.4) is 0 Å². The fraction of sp³-hybridized carbons (Fsp3) is 0.462. The molecule has 0 aliphatic carbocycles. The number of hydrogen-bond donors (Lipinski definition) is 1. The van der Waals surface area contributed by atoms with Gasteiger partial charge in [0.2, 0.25) is 0 Å². The van der Waals surface area contributed by atoms with E-state index < -0.39 is 12.0 Å². The van der Waals surface area contributed by atoms with E-state index in [0.29, 0.717) is 18.0 Å². The summed E-state index contributed by atoms with van der Waals surface area (Å²) in [5.74, 6) is -0.751. The Bertz CT molecular complexity index is 445. The van der Waals surface area contributed by atoms with Gasteiger partial charge in [-0.2, -0.15) is 0 Å². The van der Waals surface area contributed by atoms with Crippen molar-refractivity contribution in [3.8, 4) is 0 Å². The number of fused-ring (bicyclic) bond motifs is 1. The molecule has 0 saturated carbocycles. The molecule has 1 heterocycles. The molecule has 0 amide bonds. The number of aliphatic carboxylic acids is 1. The first-order valence-corrected chi connectivity index (χ1v) is 6.12. The predicted octanol–water partition coefficient (Wildman–Crippen LogP) is 2.56. The van der Waals surface area contributed by atoms with E-state index in [-0.39, 0.29) is 6.04 Å². The van der Waals surface area contributed by atoms with Gasteiger partial charge < -0.3 is 5.11 Å². The fourth-order valence-electron chi connectivity index (χ4n) is 2.34. The number of benzene rings is 1. The maximum absolute atomic E-state index is 11.3. The van der Waals surface area contributed by atoms with Gasteiger partial charge in [-0.05, 0) is 43.5 Å². The molecule has 1 atom stereocenters. The van der Waals surface area contributed by atoms with Crippen molar-refractivity contribution in [2.75, 3.05) is 0 Å². The molecule has 0 bridgehead atoms. The highest BCUT2D eigenvalue weighted by Crippen LogP contribution is 2.27. The smallest absolute Gasteiger partial charge is 0.321 e. The van der Waals surface area contributed by atoms with Gasteiger partial charge in [0.05, 0.1) is 0 Å². The second-order valence-electron chi connectivity index (χ2n) is 4.74. The van der Waals surface area contributed by atoms with Gasteiger partial charge in [0.15, 0.2) is 0 Å². The molecule has 0 fully saturated rings. The number of halogens is 1. The van der Waals surface area contributed by atoms with Gasteiger partial charge in [-0.25, -0.2) is 0 Å². The van der Waals surface area contributed by atoms with Crippen molar-refractivity contribution in [3.63, 3.8) is 0 Å². The Morgan fingerprint density at radius 2 is 2.18 bits per heavy atom. The van der Waals surface area contributed by atoms with Gasteiger partial charge in [-0.3, -0.25) is 9.69 Å². The van der Waals surface area contributed by atoms with Crippen LogP contribution in [0.2, 0.25) is 5.02 Å². The van der Waals surface area contributed by atoms with E-state index in [0.717, 1.165) is 11.1 Å². The quantitative estimate of drug-likeness (QED) is 0.881. The standard InChI is InChI=1S/C13H16ClNO2/c1-8(2)15-7-10-5-11(14)4-3-9(10)6-12(15)13(16)17/h3-5,8,12H,6-7H2,1-2H3,(H,16,17)/t12-/m0/s1. The summed E-state index contributed by atoms with van der Waals surface area (Å²) in [4.78, 5) is 13.3. The lowest BCUT2D eigenvalue weighted by atomic mass is 9.93. The van der Waals surface area contributed by atoms with E-state index in [1.165, 1.54) is 0 Å². The Balaban J connectivity index is 2.36. The van der Waals surface area contributed by atoms with Crippen LogP contribution < -0.4 is 0 Å². The van der Waals surface area contributed by atoms with Crippen molar-refractivity contribution in [1.29, 1.82) is 0 Å². The van der Waals surface area contributed by atoms with Crippen LogP contribution in [0.4, 0.5) is 0 Å². The SMILES string of the molecule is CC(C)N1Cc2cc(Cl)ccc2C[C@H]1C(=O)O. The van der Waals surface area contributed by atoms with Gasteiger partial charge in [0.1, 0.15) is 6.04 Å². The third kappa shape index (κ3) is 2.45. The third-order valence-electron chi connectivity index (χ3n) is 3.28. The van der Waals surface area contributed by atoms with Crippen LogP contribution in [0.1, 0.15) is 25.0 Å². The fourth-order valence-corrected chi connectivity index (χ4v) is 2.54. The Morgan fingerprint density at radius 1 is 1.47 bits per heavy atom. The molecule has 1 aromatic carbocycles. The molecule has 1 aromatic rings. The number of rotatable bonds is 2. The van der Waals surface area contributed by atoms with E-state index in [9.17, 15) is 9.90 Å². The van der Waals surface area contributed by atoms with Crippen LogP contribution in [0.25, 0.3) is 0 Å². The molecule has 1 aliphatic heterocycles. The van der Waals surface area contributed by atoms with Crippen LogP contribution in [-0.2, 0) is 17.8 Å². The second-order valence-corrected chi connectivity index (χ2v) is 5.17. The van der Waals surface area contributed by atoms with Gasteiger partial charge in [0, 0.05) is 17.6 Å². The van der Waals surface area contributed by atoms with Crippen LogP contribution in [0, 0.1) is 0 Å². The monoisotopic (exact) mass is 253 g/mol. The Labute approximate surface area is 106 Å². The third-order valence-corrected chi connectivity index (χ3v) is 3.52. The van der Waals surface area contributed by atoms with Crippen molar-refractivity contribution in [1.82, 2.24) is 4.90 Å². The summed E-state index contributed by atoms with van der Waals surface area (Å²) in [5.41, 5.74) is 2.24. The highest BCUT2D eigenvalue weighted by molar-refractivity contribution is 6.30. The van der Waals surface area contributed by atoms with Gasteiger partial charge in [0.25, 0.3) is 0 Å². The first kappa shape index (κ1) is 12.4. The zero-order valence-corrected chi connectivity index (χ0v) is 10.7. The Kier molecular flexibility index (Phi) is 3.40. The van der Waals surface area contributed by atoms with E-state index in [1.807, 2.05) is 36.9 Å². The van der Waals surface area contributed by atoms with Gasteiger partial charge >= 0.3 is 5.97 Å². The lowest BCUT2D eigenvalue weighted by Gasteiger charge is -2.37. The van der Waals surface area contributed by atoms with Crippen LogP contribution >= 0.6 is 11.6 Å². The summed E-state index contributed by atoms with van der Waals surface area (Å²) < 4.78 is 0. The van der Waals surface area contributed by atoms with E-state index in [2.05, 4.69) is 0 Å². The lowest BCUT2D eigenvalue weighted by molar-refractivity contribution is -0.144. The molecule has 1 aliphatic rings.